The van der Waals surface area contributed by atoms with Gasteiger partial charge in [-0.1, -0.05) is 37.8 Å². The van der Waals surface area contributed by atoms with Crippen LogP contribution in [0.4, 0.5) is 0 Å². The number of benzene rings is 1. The molecule has 0 spiro atoms. The largest absolute Gasteiger partial charge is 0.352 e. The number of rotatable bonds is 4. The van der Waals surface area contributed by atoms with Crippen molar-refractivity contribution in [2.45, 2.75) is 50.0 Å². The van der Waals surface area contributed by atoms with Gasteiger partial charge >= 0.3 is 0 Å². The molecule has 21 heavy (non-hydrogen) atoms. The van der Waals surface area contributed by atoms with E-state index in [0.29, 0.717) is 6.54 Å². The van der Waals surface area contributed by atoms with Gasteiger partial charge in [0, 0.05) is 23.1 Å². The molecule has 1 N–H and O–H groups in total. The zero-order chi connectivity index (χ0) is 15.3. The van der Waals surface area contributed by atoms with Gasteiger partial charge in [-0.05, 0) is 30.5 Å². The molecule has 0 aromatic heterocycles. The molecule has 1 aliphatic carbocycles. The van der Waals surface area contributed by atoms with E-state index < -0.39 is 9.05 Å². The highest BCUT2D eigenvalue weighted by Crippen LogP contribution is 2.23. The lowest BCUT2D eigenvalue weighted by Crippen LogP contribution is -2.30. The summed E-state index contributed by atoms with van der Waals surface area (Å²) in [6.45, 7) is 0.415. The number of carbonyl (C=O) groups excluding carboxylic acids is 1. The summed E-state index contributed by atoms with van der Waals surface area (Å²) >= 11 is 0. The number of carbonyl (C=O) groups is 1. The molecule has 0 heterocycles. The van der Waals surface area contributed by atoms with E-state index in [-0.39, 0.29) is 16.7 Å². The third kappa shape index (κ3) is 5.00. The van der Waals surface area contributed by atoms with Crippen LogP contribution in [0.1, 0.15) is 44.1 Å². The highest BCUT2D eigenvalue weighted by atomic mass is 35.7. The zero-order valence-electron chi connectivity index (χ0n) is 11.8. The fraction of sp³-hybridized carbons (Fsp3) is 0.533. The fourth-order valence-corrected chi connectivity index (χ4v) is 3.41. The molecule has 1 amide bonds. The molecule has 1 fully saturated rings. The molecule has 0 unspecified atom stereocenters. The normalized spacial score (nSPS) is 17.2. The van der Waals surface area contributed by atoms with Gasteiger partial charge in [-0.2, -0.15) is 0 Å². The average molecular weight is 330 g/mol. The standard InChI is InChI=1S/C15H20ClNO3S/c16-21(19,20)14-9-7-12(8-10-14)11-17-15(18)13-5-3-1-2-4-6-13/h7-10,13H,1-6,11H2,(H,17,18). The van der Waals surface area contributed by atoms with Crippen molar-refractivity contribution in [3.63, 3.8) is 0 Å². The molecule has 0 aliphatic heterocycles. The van der Waals surface area contributed by atoms with Crippen molar-refractivity contribution in [2.75, 3.05) is 0 Å². The Morgan fingerprint density at radius 3 is 2.19 bits per heavy atom. The number of halogens is 1. The summed E-state index contributed by atoms with van der Waals surface area (Å²) in [6, 6.07) is 6.25. The van der Waals surface area contributed by atoms with Crippen LogP contribution in [0.15, 0.2) is 29.2 Å². The van der Waals surface area contributed by atoms with Crippen LogP contribution in [0.3, 0.4) is 0 Å². The van der Waals surface area contributed by atoms with Gasteiger partial charge in [-0.3, -0.25) is 4.79 Å². The summed E-state index contributed by atoms with van der Waals surface area (Å²) in [4.78, 5) is 12.2. The van der Waals surface area contributed by atoms with Gasteiger partial charge in [0.2, 0.25) is 5.91 Å². The van der Waals surface area contributed by atoms with Crippen LogP contribution >= 0.6 is 10.7 Å². The van der Waals surface area contributed by atoms with E-state index in [1.54, 1.807) is 12.1 Å². The Hall–Kier alpha value is -1.07. The van der Waals surface area contributed by atoms with E-state index in [2.05, 4.69) is 5.32 Å². The van der Waals surface area contributed by atoms with E-state index in [0.717, 1.165) is 31.2 Å². The summed E-state index contributed by atoms with van der Waals surface area (Å²) < 4.78 is 22.3. The van der Waals surface area contributed by atoms with E-state index in [9.17, 15) is 13.2 Å². The maximum absolute atomic E-state index is 12.1. The Balaban J connectivity index is 1.89. The number of amides is 1. The van der Waals surface area contributed by atoms with Gasteiger partial charge in [0.15, 0.2) is 0 Å². The second-order valence-electron chi connectivity index (χ2n) is 5.49. The maximum atomic E-state index is 12.1. The summed E-state index contributed by atoms with van der Waals surface area (Å²) in [7, 11) is 1.57. The second kappa shape index (κ2) is 7.27. The first kappa shape index (κ1) is 16.3. The Morgan fingerprint density at radius 2 is 1.67 bits per heavy atom. The molecular weight excluding hydrogens is 310 g/mol. The van der Waals surface area contributed by atoms with Crippen molar-refractivity contribution in [3.8, 4) is 0 Å². The molecule has 6 heteroatoms. The summed E-state index contributed by atoms with van der Waals surface area (Å²) in [5.41, 5.74) is 0.862. The monoisotopic (exact) mass is 329 g/mol. The predicted molar refractivity (Wildman–Crippen MR) is 82.5 cm³/mol. The van der Waals surface area contributed by atoms with Crippen LogP contribution in [0.5, 0.6) is 0 Å². The predicted octanol–water partition coefficient (Wildman–Crippen LogP) is 3.20. The van der Waals surface area contributed by atoms with Crippen LogP contribution in [0, 0.1) is 5.92 Å². The number of nitrogens with one attached hydrogen (secondary N) is 1. The highest BCUT2D eigenvalue weighted by Gasteiger charge is 2.19. The van der Waals surface area contributed by atoms with Crippen molar-refractivity contribution in [1.82, 2.24) is 5.32 Å². The Kier molecular flexibility index (Phi) is 5.65. The van der Waals surface area contributed by atoms with Crippen LogP contribution in [-0.2, 0) is 20.4 Å². The first-order valence-electron chi connectivity index (χ1n) is 7.28. The van der Waals surface area contributed by atoms with E-state index >= 15 is 0 Å². The third-order valence-corrected chi connectivity index (χ3v) is 5.27. The van der Waals surface area contributed by atoms with Crippen LogP contribution in [0.25, 0.3) is 0 Å². The van der Waals surface area contributed by atoms with Gasteiger partial charge in [-0.15, -0.1) is 0 Å². The lowest BCUT2D eigenvalue weighted by atomic mass is 9.99. The summed E-state index contributed by atoms with van der Waals surface area (Å²) in [5, 5.41) is 2.93. The fourth-order valence-electron chi connectivity index (χ4n) is 2.64. The quantitative estimate of drug-likeness (QED) is 0.681. The maximum Gasteiger partial charge on any atom is 0.261 e. The Morgan fingerprint density at radius 1 is 1.10 bits per heavy atom. The van der Waals surface area contributed by atoms with Gasteiger partial charge in [-0.25, -0.2) is 8.42 Å². The Bertz CT molecular complexity index is 575. The minimum atomic E-state index is -3.69. The van der Waals surface area contributed by atoms with Crippen molar-refractivity contribution in [3.05, 3.63) is 29.8 Å². The van der Waals surface area contributed by atoms with Crippen molar-refractivity contribution >= 4 is 25.6 Å². The molecule has 0 atom stereocenters. The lowest BCUT2D eigenvalue weighted by Gasteiger charge is -2.14. The van der Waals surface area contributed by atoms with E-state index in [1.807, 2.05) is 0 Å². The smallest absolute Gasteiger partial charge is 0.261 e. The van der Waals surface area contributed by atoms with Gasteiger partial charge in [0.25, 0.3) is 9.05 Å². The Labute approximate surface area is 130 Å². The molecule has 1 aromatic carbocycles. The molecule has 1 aliphatic rings. The minimum absolute atomic E-state index is 0.0722. The zero-order valence-corrected chi connectivity index (χ0v) is 13.4. The molecule has 0 radical (unpaired) electrons. The summed E-state index contributed by atoms with van der Waals surface area (Å²) in [6.07, 6.45) is 6.63. The summed E-state index contributed by atoms with van der Waals surface area (Å²) in [5.74, 6) is 0.223. The first-order valence-corrected chi connectivity index (χ1v) is 9.59. The minimum Gasteiger partial charge on any atom is -0.352 e. The molecule has 1 saturated carbocycles. The van der Waals surface area contributed by atoms with Crippen molar-refractivity contribution < 1.29 is 13.2 Å². The highest BCUT2D eigenvalue weighted by molar-refractivity contribution is 8.13. The molecule has 4 nitrogen and oxygen atoms in total. The van der Waals surface area contributed by atoms with Gasteiger partial charge in [0.1, 0.15) is 0 Å². The van der Waals surface area contributed by atoms with Gasteiger partial charge in [0.05, 0.1) is 4.90 Å². The van der Waals surface area contributed by atoms with Gasteiger partial charge < -0.3 is 5.32 Å². The number of hydrogen-bond acceptors (Lipinski definition) is 3. The van der Waals surface area contributed by atoms with E-state index in [1.165, 1.54) is 25.0 Å². The molecule has 2 rings (SSSR count). The van der Waals surface area contributed by atoms with Crippen LogP contribution in [-0.4, -0.2) is 14.3 Å². The second-order valence-corrected chi connectivity index (χ2v) is 8.05. The molecular formula is C15H20ClNO3S. The molecule has 116 valence electrons. The molecule has 1 aromatic rings. The average Bonchev–Trinajstić information content (AvgIpc) is 2.73. The van der Waals surface area contributed by atoms with Crippen molar-refractivity contribution in [2.24, 2.45) is 5.92 Å². The first-order chi connectivity index (χ1) is 9.97. The van der Waals surface area contributed by atoms with Crippen molar-refractivity contribution in [1.29, 1.82) is 0 Å². The van der Waals surface area contributed by atoms with E-state index in [4.69, 9.17) is 10.7 Å². The number of hydrogen-bond donors (Lipinski definition) is 1. The third-order valence-electron chi connectivity index (χ3n) is 3.90. The topological polar surface area (TPSA) is 63.2 Å². The molecule has 0 bridgehead atoms. The molecule has 0 saturated heterocycles. The SMILES string of the molecule is O=C(NCc1ccc(S(=O)(=O)Cl)cc1)C1CCCCCC1. The van der Waals surface area contributed by atoms with Crippen LogP contribution < -0.4 is 5.32 Å². The van der Waals surface area contributed by atoms with Crippen LogP contribution in [0.2, 0.25) is 0 Å². The lowest BCUT2D eigenvalue weighted by molar-refractivity contribution is -0.125.